The van der Waals surface area contributed by atoms with Gasteiger partial charge in [-0.3, -0.25) is 4.79 Å². The third-order valence-corrected chi connectivity index (χ3v) is 4.00. The molecule has 1 atom stereocenters. The van der Waals surface area contributed by atoms with E-state index in [-0.39, 0.29) is 16.6 Å². The van der Waals surface area contributed by atoms with Gasteiger partial charge in [0.15, 0.2) is 5.78 Å². The maximum atomic E-state index is 13.0. The number of hydrogen-bond acceptors (Lipinski definition) is 2. The molecule has 1 aromatic carbocycles. The molecule has 86 valence electrons. The van der Waals surface area contributed by atoms with E-state index in [1.54, 1.807) is 11.8 Å². The van der Waals surface area contributed by atoms with E-state index in [2.05, 4.69) is 0 Å². The summed E-state index contributed by atoms with van der Waals surface area (Å²) in [5, 5.41) is -0.130. The first-order chi connectivity index (χ1) is 7.66. The summed E-state index contributed by atoms with van der Waals surface area (Å²) in [5.41, 5.74) is 0.150. The van der Waals surface area contributed by atoms with E-state index in [1.165, 1.54) is 0 Å². The Labute approximate surface area is 97.2 Å². The number of rotatable bonds is 2. The van der Waals surface area contributed by atoms with Crippen molar-refractivity contribution in [3.8, 4) is 0 Å². The lowest BCUT2D eigenvalue weighted by molar-refractivity contribution is 0.0984. The average molecular weight is 242 g/mol. The van der Waals surface area contributed by atoms with Gasteiger partial charge in [-0.05, 0) is 30.7 Å². The van der Waals surface area contributed by atoms with Crippen LogP contribution in [0.25, 0.3) is 0 Å². The number of thioether (sulfide) groups is 1. The van der Waals surface area contributed by atoms with Crippen molar-refractivity contribution in [3.05, 3.63) is 35.4 Å². The van der Waals surface area contributed by atoms with Crippen molar-refractivity contribution in [2.24, 2.45) is 0 Å². The van der Waals surface area contributed by atoms with E-state index in [0.717, 1.165) is 43.2 Å². The van der Waals surface area contributed by atoms with Gasteiger partial charge in [0.05, 0.1) is 5.25 Å². The molecule has 1 unspecified atom stereocenters. The van der Waals surface area contributed by atoms with Gasteiger partial charge in [0.1, 0.15) is 11.6 Å². The quantitative estimate of drug-likeness (QED) is 0.739. The summed E-state index contributed by atoms with van der Waals surface area (Å²) in [6.07, 6.45) is 2.94. The van der Waals surface area contributed by atoms with Crippen LogP contribution in [0.5, 0.6) is 0 Å². The Morgan fingerprint density at radius 2 is 1.88 bits per heavy atom. The highest BCUT2D eigenvalue weighted by molar-refractivity contribution is 8.00. The Bertz CT molecular complexity index is 380. The molecule has 0 aliphatic carbocycles. The zero-order valence-corrected chi connectivity index (χ0v) is 9.53. The highest BCUT2D eigenvalue weighted by Crippen LogP contribution is 2.28. The molecule has 1 aliphatic heterocycles. The summed E-state index contributed by atoms with van der Waals surface area (Å²) < 4.78 is 25.9. The first kappa shape index (κ1) is 11.6. The fraction of sp³-hybridized carbons (Fsp3) is 0.417. The largest absolute Gasteiger partial charge is 0.293 e. The third-order valence-electron chi connectivity index (χ3n) is 2.62. The van der Waals surface area contributed by atoms with Crippen molar-refractivity contribution in [3.63, 3.8) is 0 Å². The lowest BCUT2D eigenvalue weighted by atomic mass is 10.0. The molecule has 0 amide bonds. The zero-order chi connectivity index (χ0) is 11.5. The lowest BCUT2D eigenvalue weighted by Gasteiger charge is -2.19. The summed E-state index contributed by atoms with van der Waals surface area (Å²) in [5.74, 6) is -0.579. The summed E-state index contributed by atoms with van der Waals surface area (Å²) in [6.45, 7) is 0. The molecule has 1 aromatic rings. The number of halogens is 2. The minimum atomic E-state index is -0.691. The van der Waals surface area contributed by atoms with Crippen molar-refractivity contribution in [2.75, 3.05) is 5.75 Å². The molecule has 2 rings (SSSR count). The van der Waals surface area contributed by atoms with Crippen LogP contribution in [0.2, 0.25) is 0 Å². The monoisotopic (exact) mass is 242 g/mol. The molecule has 1 aliphatic rings. The Morgan fingerprint density at radius 1 is 1.19 bits per heavy atom. The van der Waals surface area contributed by atoms with Gasteiger partial charge >= 0.3 is 0 Å². The molecule has 1 saturated heterocycles. The van der Waals surface area contributed by atoms with Crippen molar-refractivity contribution >= 4 is 17.5 Å². The van der Waals surface area contributed by atoms with Crippen molar-refractivity contribution < 1.29 is 13.6 Å². The van der Waals surface area contributed by atoms with Gasteiger partial charge in [0.2, 0.25) is 0 Å². The van der Waals surface area contributed by atoms with Crippen LogP contribution in [0.3, 0.4) is 0 Å². The molecule has 1 fully saturated rings. The van der Waals surface area contributed by atoms with E-state index < -0.39 is 11.6 Å². The SMILES string of the molecule is O=C(c1cc(F)cc(F)c1)C1CCCCS1. The second-order valence-corrected chi connectivity index (χ2v) is 5.19. The van der Waals surface area contributed by atoms with Gasteiger partial charge in [-0.15, -0.1) is 0 Å². The maximum Gasteiger partial charge on any atom is 0.176 e. The van der Waals surface area contributed by atoms with Gasteiger partial charge < -0.3 is 0 Å². The number of benzene rings is 1. The summed E-state index contributed by atoms with van der Waals surface area (Å²) in [7, 11) is 0. The molecule has 0 aromatic heterocycles. The molecule has 1 heterocycles. The summed E-state index contributed by atoms with van der Waals surface area (Å²) >= 11 is 1.58. The molecular weight excluding hydrogens is 230 g/mol. The van der Waals surface area contributed by atoms with E-state index in [4.69, 9.17) is 0 Å². The maximum absolute atomic E-state index is 13.0. The fourth-order valence-electron chi connectivity index (χ4n) is 1.83. The van der Waals surface area contributed by atoms with Crippen LogP contribution < -0.4 is 0 Å². The topological polar surface area (TPSA) is 17.1 Å². The number of carbonyl (C=O) groups excluding carboxylic acids is 1. The van der Waals surface area contributed by atoms with Crippen LogP contribution in [0, 0.1) is 11.6 Å². The average Bonchev–Trinajstić information content (AvgIpc) is 2.28. The highest BCUT2D eigenvalue weighted by atomic mass is 32.2. The minimum Gasteiger partial charge on any atom is -0.293 e. The number of Topliss-reactive ketones (excluding diaryl/α,β-unsaturated/α-hetero) is 1. The van der Waals surface area contributed by atoms with Crippen LogP contribution in [0.1, 0.15) is 29.6 Å². The lowest BCUT2D eigenvalue weighted by Crippen LogP contribution is -2.21. The second-order valence-electron chi connectivity index (χ2n) is 3.88. The zero-order valence-electron chi connectivity index (χ0n) is 8.71. The second kappa shape index (κ2) is 4.95. The van der Waals surface area contributed by atoms with E-state index >= 15 is 0 Å². The normalized spacial score (nSPS) is 20.8. The van der Waals surface area contributed by atoms with Crippen LogP contribution in [0.4, 0.5) is 8.78 Å². The predicted molar refractivity (Wildman–Crippen MR) is 60.8 cm³/mol. The van der Waals surface area contributed by atoms with Gasteiger partial charge in [0, 0.05) is 11.6 Å². The molecule has 0 spiro atoms. The third kappa shape index (κ3) is 2.61. The van der Waals surface area contributed by atoms with Crippen molar-refractivity contribution in [1.29, 1.82) is 0 Å². The van der Waals surface area contributed by atoms with Gasteiger partial charge in [-0.2, -0.15) is 11.8 Å². The molecule has 0 bridgehead atoms. The van der Waals surface area contributed by atoms with Crippen LogP contribution in [-0.4, -0.2) is 16.8 Å². The van der Waals surface area contributed by atoms with E-state index in [9.17, 15) is 13.6 Å². The molecule has 16 heavy (non-hydrogen) atoms. The van der Waals surface area contributed by atoms with Crippen LogP contribution in [-0.2, 0) is 0 Å². The molecular formula is C12H12F2OS. The first-order valence-electron chi connectivity index (χ1n) is 5.29. The van der Waals surface area contributed by atoms with Crippen molar-refractivity contribution in [1.82, 2.24) is 0 Å². The van der Waals surface area contributed by atoms with Crippen LogP contribution >= 0.6 is 11.8 Å². The molecule has 0 saturated carbocycles. The predicted octanol–water partition coefficient (Wildman–Crippen LogP) is 3.43. The van der Waals surface area contributed by atoms with Gasteiger partial charge in [-0.1, -0.05) is 6.42 Å². The number of ketones is 1. The molecule has 0 radical (unpaired) electrons. The molecule has 1 nitrogen and oxygen atoms in total. The molecule has 4 heteroatoms. The smallest absolute Gasteiger partial charge is 0.176 e. The van der Waals surface area contributed by atoms with Crippen LogP contribution in [0.15, 0.2) is 18.2 Å². The van der Waals surface area contributed by atoms with E-state index in [1.807, 2.05) is 0 Å². The highest BCUT2D eigenvalue weighted by Gasteiger charge is 2.23. The minimum absolute atomic E-state index is 0.130. The Hall–Kier alpha value is -0.900. The summed E-state index contributed by atoms with van der Waals surface area (Å²) in [6, 6.07) is 3.01. The van der Waals surface area contributed by atoms with Gasteiger partial charge in [0.25, 0.3) is 0 Å². The summed E-state index contributed by atoms with van der Waals surface area (Å²) in [4.78, 5) is 12.0. The molecule has 0 N–H and O–H groups in total. The van der Waals surface area contributed by atoms with Gasteiger partial charge in [-0.25, -0.2) is 8.78 Å². The Morgan fingerprint density at radius 3 is 2.44 bits per heavy atom. The number of carbonyl (C=O) groups is 1. The Balaban J connectivity index is 2.19. The number of hydrogen-bond donors (Lipinski definition) is 0. The van der Waals surface area contributed by atoms with E-state index in [0.29, 0.717) is 0 Å². The first-order valence-corrected chi connectivity index (χ1v) is 6.33. The Kier molecular flexibility index (Phi) is 3.59. The standard InChI is InChI=1S/C12H12F2OS/c13-9-5-8(6-10(14)7-9)12(15)11-3-1-2-4-16-11/h5-7,11H,1-4H2. The fourth-order valence-corrected chi connectivity index (χ4v) is 3.11. The van der Waals surface area contributed by atoms with Crippen molar-refractivity contribution in [2.45, 2.75) is 24.5 Å².